The maximum absolute atomic E-state index is 13.1. The summed E-state index contributed by atoms with van der Waals surface area (Å²) in [6.07, 6.45) is 7.54. The van der Waals surface area contributed by atoms with Gasteiger partial charge in [0.2, 0.25) is 0 Å². The maximum Gasteiger partial charge on any atom is 0.339 e. The van der Waals surface area contributed by atoms with Crippen LogP contribution < -0.4 is 5.32 Å². The van der Waals surface area contributed by atoms with E-state index in [9.17, 15) is 19.2 Å². The third-order valence-corrected chi connectivity index (χ3v) is 8.89. The van der Waals surface area contributed by atoms with Crippen molar-refractivity contribution >= 4 is 23.4 Å². The zero-order chi connectivity index (χ0) is 24.3. The molecular formula is C29H29NO5. The van der Waals surface area contributed by atoms with Gasteiger partial charge in [-0.25, -0.2) is 4.79 Å². The second-order valence-corrected chi connectivity index (χ2v) is 11.1. The van der Waals surface area contributed by atoms with Crippen LogP contribution in [0, 0.1) is 23.2 Å². The average Bonchev–Trinajstić information content (AvgIpc) is 2.84. The Kier molecular flexibility index (Phi) is 5.17. The van der Waals surface area contributed by atoms with Gasteiger partial charge < -0.3 is 10.1 Å². The molecule has 180 valence electrons. The summed E-state index contributed by atoms with van der Waals surface area (Å²) >= 11 is 0. The van der Waals surface area contributed by atoms with E-state index in [1.807, 2.05) is 0 Å². The topological polar surface area (TPSA) is 89.5 Å². The maximum atomic E-state index is 13.1. The molecule has 1 atom stereocenters. The molecular weight excluding hydrogens is 442 g/mol. The third-order valence-electron chi connectivity index (χ3n) is 8.89. The summed E-state index contributed by atoms with van der Waals surface area (Å²) < 4.78 is 5.33. The molecule has 0 heterocycles. The van der Waals surface area contributed by atoms with Gasteiger partial charge in [-0.05, 0) is 74.7 Å². The van der Waals surface area contributed by atoms with Crippen LogP contribution in [0.2, 0.25) is 0 Å². The van der Waals surface area contributed by atoms with Crippen LogP contribution in [-0.4, -0.2) is 36.1 Å². The van der Waals surface area contributed by atoms with Crippen LogP contribution in [0.25, 0.3) is 0 Å². The largest absolute Gasteiger partial charge is 0.452 e. The predicted molar refractivity (Wildman–Crippen MR) is 128 cm³/mol. The van der Waals surface area contributed by atoms with Crippen LogP contribution in [0.4, 0.5) is 0 Å². The molecule has 1 unspecified atom stereocenters. The molecule has 1 amide bonds. The van der Waals surface area contributed by atoms with Crippen LogP contribution in [-0.2, 0) is 9.53 Å². The Bertz CT molecular complexity index is 1230. The Morgan fingerprint density at radius 2 is 1.46 bits per heavy atom. The molecule has 4 saturated carbocycles. The standard InChI is InChI=1S/C29H29NO5/c1-16(29-12-17-9-18(13-29)11-19(10-17)14-29)30-24(31)15-35-28(34)23-8-4-7-22-25(23)27(33)21-6-3-2-5-20(21)26(22)32/h2-8,16-19H,9-15H2,1H3,(H,30,31). The first-order valence-electron chi connectivity index (χ1n) is 12.6. The van der Waals surface area contributed by atoms with Crippen molar-refractivity contribution in [3.63, 3.8) is 0 Å². The van der Waals surface area contributed by atoms with Gasteiger partial charge in [0.1, 0.15) is 0 Å². The fourth-order valence-corrected chi connectivity index (χ4v) is 7.67. The number of amides is 1. The number of carbonyl (C=O) groups excluding carboxylic acids is 4. The minimum absolute atomic E-state index is 0.0114. The SMILES string of the molecule is CC(NC(=O)COC(=O)c1cccc2c1C(=O)c1ccccc1C2=O)C12CC3CC(CC(C3)C1)C2. The van der Waals surface area contributed by atoms with E-state index < -0.39 is 12.6 Å². The summed E-state index contributed by atoms with van der Waals surface area (Å²) in [5.41, 5.74) is 0.998. The molecule has 6 nitrogen and oxygen atoms in total. The molecule has 4 bridgehead atoms. The number of fused-ring (bicyclic) bond motifs is 2. The minimum Gasteiger partial charge on any atom is -0.452 e. The zero-order valence-corrected chi connectivity index (χ0v) is 19.8. The Morgan fingerprint density at radius 1 is 0.886 bits per heavy atom. The lowest BCUT2D eigenvalue weighted by Crippen LogP contribution is -2.56. The van der Waals surface area contributed by atoms with Crippen molar-refractivity contribution in [1.29, 1.82) is 0 Å². The number of hydrogen-bond acceptors (Lipinski definition) is 5. The van der Waals surface area contributed by atoms with E-state index >= 15 is 0 Å². The highest BCUT2D eigenvalue weighted by atomic mass is 16.5. The summed E-state index contributed by atoms with van der Waals surface area (Å²) in [7, 11) is 0. The minimum atomic E-state index is -0.778. The van der Waals surface area contributed by atoms with Crippen LogP contribution in [0.3, 0.4) is 0 Å². The molecule has 2 aromatic carbocycles. The molecule has 5 aliphatic carbocycles. The molecule has 2 aromatic rings. The molecule has 1 N–H and O–H groups in total. The van der Waals surface area contributed by atoms with Crippen molar-refractivity contribution in [2.24, 2.45) is 23.2 Å². The van der Waals surface area contributed by atoms with Gasteiger partial charge in [0, 0.05) is 28.3 Å². The Hall–Kier alpha value is -3.28. The van der Waals surface area contributed by atoms with Crippen LogP contribution in [0.15, 0.2) is 42.5 Å². The molecule has 7 rings (SSSR count). The molecule has 0 aliphatic heterocycles. The molecule has 4 fully saturated rings. The fourth-order valence-electron chi connectivity index (χ4n) is 7.67. The van der Waals surface area contributed by atoms with Gasteiger partial charge in [-0.2, -0.15) is 0 Å². The monoisotopic (exact) mass is 471 g/mol. The number of nitrogens with one attached hydrogen (secondary N) is 1. The van der Waals surface area contributed by atoms with Gasteiger partial charge in [0.15, 0.2) is 18.2 Å². The smallest absolute Gasteiger partial charge is 0.339 e. The molecule has 5 aliphatic rings. The van der Waals surface area contributed by atoms with Gasteiger partial charge in [0.05, 0.1) is 5.56 Å². The summed E-state index contributed by atoms with van der Waals surface area (Å²) in [5, 5.41) is 3.10. The normalized spacial score (nSPS) is 28.8. The van der Waals surface area contributed by atoms with E-state index in [1.165, 1.54) is 44.6 Å². The van der Waals surface area contributed by atoms with Gasteiger partial charge in [-0.15, -0.1) is 0 Å². The van der Waals surface area contributed by atoms with E-state index in [-0.39, 0.29) is 51.2 Å². The first-order valence-corrected chi connectivity index (χ1v) is 12.6. The van der Waals surface area contributed by atoms with E-state index in [0.717, 1.165) is 17.8 Å². The number of esters is 1. The van der Waals surface area contributed by atoms with Gasteiger partial charge >= 0.3 is 5.97 Å². The summed E-state index contributed by atoms with van der Waals surface area (Å²) in [5.74, 6) is 0.558. The van der Waals surface area contributed by atoms with Crippen molar-refractivity contribution in [3.8, 4) is 0 Å². The zero-order valence-electron chi connectivity index (χ0n) is 19.8. The van der Waals surface area contributed by atoms with Crippen LogP contribution >= 0.6 is 0 Å². The highest BCUT2D eigenvalue weighted by Crippen LogP contribution is 2.61. The van der Waals surface area contributed by atoms with E-state index in [2.05, 4.69) is 12.2 Å². The number of ether oxygens (including phenoxy) is 1. The average molecular weight is 472 g/mol. The van der Waals surface area contributed by atoms with Crippen LogP contribution in [0.1, 0.15) is 87.6 Å². The first kappa shape index (κ1) is 22.2. The highest BCUT2D eigenvalue weighted by Gasteiger charge is 2.53. The number of hydrogen-bond donors (Lipinski definition) is 1. The third kappa shape index (κ3) is 3.62. The van der Waals surface area contributed by atoms with E-state index in [4.69, 9.17) is 4.74 Å². The molecule has 0 spiro atoms. The summed E-state index contributed by atoms with van der Waals surface area (Å²) in [6, 6.07) is 11.2. The quantitative estimate of drug-likeness (QED) is 0.559. The first-order chi connectivity index (χ1) is 16.8. The second-order valence-electron chi connectivity index (χ2n) is 11.1. The number of benzene rings is 2. The Morgan fingerprint density at radius 3 is 2.09 bits per heavy atom. The Balaban J connectivity index is 1.14. The molecule has 35 heavy (non-hydrogen) atoms. The Labute approximate surface area is 204 Å². The van der Waals surface area contributed by atoms with Gasteiger partial charge in [-0.3, -0.25) is 14.4 Å². The number of carbonyl (C=O) groups is 4. The van der Waals surface area contributed by atoms with E-state index in [1.54, 1.807) is 36.4 Å². The lowest BCUT2D eigenvalue weighted by molar-refractivity contribution is -0.128. The van der Waals surface area contributed by atoms with Crippen molar-refractivity contribution in [3.05, 3.63) is 70.3 Å². The number of ketones is 2. The summed E-state index contributed by atoms with van der Waals surface area (Å²) in [6.45, 7) is 1.67. The van der Waals surface area contributed by atoms with Crippen molar-refractivity contribution < 1.29 is 23.9 Å². The lowest BCUT2D eigenvalue weighted by Gasteiger charge is -2.59. The second kappa shape index (κ2) is 8.14. The fraction of sp³-hybridized carbons (Fsp3) is 0.448. The molecule has 0 radical (unpaired) electrons. The molecule has 0 aromatic heterocycles. The van der Waals surface area contributed by atoms with Gasteiger partial charge in [-0.1, -0.05) is 36.4 Å². The summed E-state index contributed by atoms with van der Waals surface area (Å²) in [4.78, 5) is 51.7. The van der Waals surface area contributed by atoms with Crippen molar-refractivity contribution in [1.82, 2.24) is 5.32 Å². The predicted octanol–water partition coefficient (Wildman–Crippen LogP) is 4.34. The lowest BCUT2D eigenvalue weighted by atomic mass is 9.48. The van der Waals surface area contributed by atoms with E-state index in [0.29, 0.717) is 5.56 Å². The molecule has 6 heteroatoms. The van der Waals surface area contributed by atoms with Crippen molar-refractivity contribution in [2.45, 2.75) is 51.5 Å². The van der Waals surface area contributed by atoms with Crippen LogP contribution in [0.5, 0.6) is 0 Å². The van der Waals surface area contributed by atoms with Gasteiger partial charge in [0.25, 0.3) is 5.91 Å². The highest BCUT2D eigenvalue weighted by molar-refractivity contribution is 6.30. The number of rotatable bonds is 5. The molecule has 0 saturated heterocycles. The van der Waals surface area contributed by atoms with Crippen molar-refractivity contribution in [2.75, 3.05) is 6.61 Å².